The van der Waals surface area contributed by atoms with Gasteiger partial charge in [0.1, 0.15) is 11.8 Å². The van der Waals surface area contributed by atoms with E-state index in [9.17, 15) is 9.59 Å². The second kappa shape index (κ2) is 9.44. The predicted molar refractivity (Wildman–Crippen MR) is 130 cm³/mol. The van der Waals surface area contributed by atoms with E-state index in [0.29, 0.717) is 31.9 Å². The van der Waals surface area contributed by atoms with E-state index in [4.69, 9.17) is 9.47 Å². The van der Waals surface area contributed by atoms with Gasteiger partial charge in [0, 0.05) is 22.4 Å². The van der Waals surface area contributed by atoms with Crippen LogP contribution in [-0.2, 0) is 9.53 Å². The maximum atomic E-state index is 13.6. The molecule has 0 saturated heterocycles. The highest BCUT2D eigenvalue weighted by Gasteiger charge is 2.35. The van der Waals surface area contributed by atoms with E-state index in [1.165, 1.54) is 11.3 Å². The number of benzene rings is 1. The molecule has 33 heavy (non-hydrogen) atoms. The molecule has 1 aliphatic heterocycles. The van der Waals surface area contributed by atoms with Crippen molar-refractivity contribution in [3.8, 4) is 5.75 Å². The molecule has 0 bridgehead atoms. The number of pyridine rings is 1. The Balaban J connectivity index is 2.01. The molecule has 0 N–H and O–H groups in total. The van der Waals surface area contributed by atoms with Crippen LogP contribution in [0, 0.1) is 0 Å². The molecule has 7 nitrogen and oxygen atoms in total. The largest absolute Gasteiger partial charge is 0.496 e. The van der Waals surface area contributed by atoms with E-state index in [0.717, 1.165) is 10.0 Å². The van der Waals surface area contributed by atoms with Crippen molar-refractivity contribution in [3.63, 3.8) is 0 Å². The number of rotatable bonds is 5. The summed E-state index contributed by atoms with van der Waals surface area (Å²) in [6.07, 6.45) is 4.82. The Bertz CT molecular complexity index is 1420. The first-order chi connectivity index (χ1) is 15.8. The molecule has 0 radical (unpaired) electrons. The number of methoxy groups -OCH3 is 1. The minimum Gasteiger partial charge on any atom is -0.496 e. The lowest BCUT2D eigenvalue weighted by Gasteiger charge is -2.26. The zero-order valence-corrected chi connectivity index (χ0v) is 20.9. The number of thiazole rings is 1. The van der Waals surface area contributed by atoms with E-state index < -0.39 is 12.0 Å². The van der Waals surface area contributed by atoms with Crippen molar-refractivity contribution in [2.75, 3.05) is 7.11 Å². The molecule has 4 rings (SSSR count). The first-order valence-corrected chi connectivity index (χ1v) is 11.9. The predicted octanol–water partition coefficient (Wildman–Crippen LogP) is 3.35. The molecule has 0 saturated carbocycles. The first kappa shape index (κ1) is 23.1. The topological polar surface area (TPSA) is 82.8 Å². The van der Waals surface area contributed by atoms with Gasteiger partial charge < -0.3 is 9.47 Å². The maximum absolute atomic E-state index is 13.6. The fourth-order valence-electron chi connectivity index (χ4n) is 3.68. The van der Waals surface area contributed by atoms with Crippen molar-refractivity contribution in [3.05, 3.63) is 89.3 Å². The highest BCUT2D eigenvalue weighted by atomic mass is 79.9. The van der Waals surface area contributed by atoms with Gasteiger partial charge in [0.2, 0.25) is 0 Å². The normalized spacial score (nSPS) is 15.9. The zero-order chi connectivity index (χ0) is 23.7. The van der Waals surface area contributed by atoms with Crippen LogP contribution >= 0.6 is 27.3 Å². The average molecular weight is 528 g/mol. The van der Waals surface area contributed by atoms with Gasteiger partial charge in [-0.25, -0.2) is 9.79 Å². The van der Waals surface area contributed by atoms with Crippen LogP contribution in [0.15, 0.2) is 68.3 Å². The summed E-state index contributed by atoms with van der Waals surface area (Å²) in [6.45, 7) is 5.33. The number of allylic oxidation sites excluding steroid dienone is 1. The highest BCUT2D eigenvalue weighted by molar-refractivity contribution is 9.10. The first-order valence-electron chi connectivity index (χ1n) is 10.3. The third-order valence-corrected chi connectivity index (χ3v) is 6.55. The summed E-state index contributed by atoms with van der Waals surface area (Å²) in [5, 5.41) is 0. The van der Waals surface area contributed by atoms with Crippen molar-refractivity contribution in [1.82, 2.24) is 9.55 Å². The third kappa shape index (κ3) is 4.56. The number of hydrogen-bond acceptors (Lipinski definition) is 7. The molecule has 2 aromatic heterocycles. The summed E-state index contributed by atoms with van der Waals surface area (Å²) in [4.78, 5) is 35.9. The molecule has 170 valence electrons. The van der Waals surface area contributed by atoms with Crippen molar-refractivity contribution in [2.45, 2.75) is 32.9 Å². The van der Waals surface area contributed by atoms with E-state index in [1.54, 1.807) is 57.0 Å². The van der Waals surface area contributed by atoms with Gasteiger partial charge in [0.15, 0.2) is 4.80 Å². The highest BCUT2D eigenvalue weighted by Crippen LogP contribution is 2.37. The van der Waals surface area contributed by atoms with Crippen LogP contribution in [0.3, 0.4) is 0 Å². The number of halogens is 1. The van der Waals surface area contributed by atoms with Gasteiger partial charge >= 0.3 is 5.97 Å². The van der Waals surface area contributed by atoms with Crippen molar-refractivity contribution >= 4 is 39.3 Å². The molecule has 3 aromatic rings. The van der Waals surface area contributed by atoms with Gasteiger partial charge in [-0.15, -0.1) is 0 Å². The Morgan fingerprint density at radius 2 is 1.97 bits per heavy atom. The van der Waals surface area contributed by atoms with Crippen molar-refractivity contribution in [2.24, 2.45) is 4.99 Å². The third-order valence-electron chi connectivity index (χ3n) is 5.07. The Morgan fingerprint density at radius 1 is 1.24 bits per heavy atom. The molecular weight excluding hydrogens is 506 g/mol. The molecule has 1 atom stereocenters. The van der Waals surface area contributed by atoms with Gasteiger partial charge in [-0.2, -0.15) is 0 Å². The van der Waals surface area contributed by atoms with Crippen LogP contribution in [0.5, 0.6) is 5.75 Å². The molecule has 1 aromatic carbocycles. The molecule has 9 heteroatoms. The second-order valence-corrected chi connectivity index (χ2v) is 9.63. The summed E-state index contributed by atoms with van der Waals surface area (Å²) in [6, 6.07) is 8.39. The SMILES string of the molecule is COc1ccc(Br)cc1[C@H]1C(C(=O)OC(C)C)=C(C)N=c2s/c(=C\c3ccncc3)c(=O)n21. The van der Waals surface area contributed by atoms with Crippen LogP contribution in [0.25, 0.3) is 6.08 Å². The second-order valence-electron chi connectivity index (χ2n) is 7.70. The fourth-order valence-corrected chi connectivity index (χ4v) is 5.11. The molecule has 0 unspecified atom stereocenters. The van der Waals surface area contributed by atoms with Gasteiger partial charge in [0.05, 0.1) is 29.0 Å². The Hall–Kier alpha value is -3.04. The number of fused-ring (bicyclic) bond motifs is 1. The lowest BCUT2D eigenvalue weighted by atomic mass is 9.95. The quantitative estimate of drug-likeness (QED) is 0.475. The summed E-state index contributed by atoms with van der Waals surface area (Å²) in [5.74, 6) is 0.0400. The Kier molecular flexibility index (Phi) is 6.62. The van der Waals surface area contributed by atoms with Crippen LogP contribution in [0.2, 0.25) is 0 Å². The average Bonchev–Trinajstić information content (AvgIpc) is 3.07. The Morgan fingerprint density at radius 3 is 2.64 bits per heavy atom. The summed E-state index contributed by atoms with van der Waals surface area (Å²) < 4.78 is 14.0. The van der Waals surface area contributed by atoms with E-state index in [1.807, 2.05) is 24.3 Å². The molecule has 0 aliphatic carbocycles. The molecule has 3 heterocycles. The number of esters is 1. The monoisotopic (exact) mass is 527 g/mol. The molecule has 0 spiro atoms. The standard InChI is InChI=1S/C24H22BrN3O4S/c1-13(2)32-23(30)20-14(3)27-24-28(21(20)17-12-16(25)5-6-18(17)31-4)22(29)19(33-24)11-15-7-9-26-10-8-15/h5-13,21H,1-4H3/b19-11-/t21-/m0/s1. The molecule has 0 fully saturated rings. The van der Waals surface area contributed by atoms with Gasteiger partial charge in [-0.3, -0.25) is 14.3 Å². The van der Waals surface area contributed by atoms with Crippen LogP contribution in [0.4, 0.5) is 0 Å². The minimum absolute atomic E-state index is 0.245. The smallest absolute Gasteiger partial charge is 0.338 e. The van der Waals surface area contributed by atoms with Crippen LogP contribution in [0.1, 0.15) is 37.9 Å². The fraction of sp³-hybridized carbons (Fsp3) is 0.250. The Labute approximate surface area is 202 Å². The summed E-state index contributed by atoms with van der Waals surface area (Å²) >= 11 is 4.78. The number of aromatic nitrogens is 2. The van der Waals surface area contributed by atoms with E-state index in [2.05, 4.69) is 25.9 Å². The minimum atomic E-state index is -0.750. The summed E-state index contributed by atoms with van der Waals surface area (Å²) in [7, 11) is 1.56. The molecule has 0 amide bonds. The summed E-state index contributed by atoms with van der Waals surface area (Å²) in [5.41, 5.74) is 2.08. The maximum Gasteiger partial charge on any atom is 0.338 e. The van der Waals surface area contributed by atoms with Gasteiger partial charge in [-0.1, -0.05) is 27.3 Å². The molecular formula is C24H22BrN3O4S. The van der Waals surface area contributed by atoms with Crippen molar-refractivity contribution < 1.29 is 14.3 Å². The number of carbonyl (C=O) groups excluding carboxylic acids is 1. The van der Waals surface area contributed by atoms with Gasteiger partial charge in [0.25, 0.3) is 5.56 Å². The van der Waals surface area contributed by atoms with Crippen molar-refractivity contribution in [1.29, 1.82) is 0 Å². The van der Waals surface area contributed by atoms with E-state index in [-0.39, 0.29) is 11.7 Å². The number of ether oxygens (including phenoxy) is 2. The number of carbonyl (C=O) groups is 1. The van der Waals surface area contributed by atoms with Gasteiger partial charge in [-0.05, 0) is 62.7 Å². The number of nitrogens with zero attached hydrogens (tertiary/aromatic N) is 3. The van der Waals surface area contributed by atoms with E-state index >= 15 is 0 Å². The number of hydrogen-bond donors (Lipinski definition) is 0. The van der Waals surface area contributed by atoms with Crippen LogP contribution < -0.4 is 19.6 Å². The lowest BCUT2D eigenvalue weighted by Crippen LogP contribution is -2.40. The van der Waals surface area contributed by atoms with Crippen LogP contribution in [-0.4, -0.2) is 28.7 Å². The lowest BCUT2D eigenvalue weighted by molar-refractivity contribution is -0.143. The zero-order valence-electron chi connectivity index (χ0n) is 18.5. The molecule has 1 aliphatic rings.